The van der Waals surface area contributed by atoms with Gasteiger partial charge in [0.2, 0.25) is 0 Å². The molecule has 0 spiro atoms. The number of rotatable bonds is 4. The van der Waals surface area contributed by atoms with Crippen LogP contribution < -0.4 is 5.32 Å². The van der Waals surface area contributed by atoms with Gasteiger partial charge in [-0.2, -0.15) is 13.2 Å². The number of ether oxygens (including phenoxy) is 1. The molecular formula is C15H19ClF3NO. The summed E-state index contributed by atoms with van der Waals surface area (Å²) in [6.07, 6.45) is -3.53. The minimum Gasteiger partial charge on any atom is -0.382 e. The molecule has 0 bridgehead atoms. The van der Waals surface area contributed by atoms with Crippen LogP contribution in [0.4, 0.5) is 18.9 Å². The van der Waals surface area contributed by atoms with Crippen LogP contribution in [0.1, 0.15) is 32.8 Å². The zero-order chi connectivity index (χ0) is 15.8. The maximum Gasteiger partial charge on any atom is 0.417 e. The minimum atomic E-state index is -4.45. The largest absolute Gasteiger partial charge is 0.417 e. The number of hydrogen-bond acceptors (Lipinski definition) is 2. The lowest BCUT2D eigenvalue weighted by Crippen LogP contribution is -2.58. The Hall–Kier alpha value is -0.940. The molecule has 2 unspecified atom stereocenters. The molecule has 0 aromatic heterocycles. The average molecular weight is 322 g/mol. The van der Waals surface area contributed by atoms with Crippen molar-refractivity contribution in [2.24, 2.45) is 5.41 Å². The zero-order valence-corrected chi connectivity index (χ0v) is 13.0. The Morgan fingerprint density at radius 2 is 2.05 bits per heavy atom. The second-order valence-electron chi connectivity index (χ2n) is 5.89. The van der Waals surface area contributed by atoms with Crippen LogP contribution in [-0.4, -0.2) is 18.8 Å². The van der Waals surface area contributed by atoms with E-state index in [0.717, 1.165) is 12.5 Å². The first-order valence-electron chi connectivity index (χ1n) is 6.91. The van der Waals surface area contributed by atoms with Crippen LogP contribution in [0.3, 0.4) is 0 Å². The molecule has 2 nitrogen and oxygen atoms in total. The number of benzene rings is 1. The molecule has 118 valence electrons. The number of halogens is 4. The van der Waals surface area contributed by atoms with Crippen molar-refractivity contribution in [3.63, 3.8) is 0 Å². The number of nitrogens with one attached hydrogen (secondary N) is 1. The van der Waals surface area contributed by atoms with Gasteiger partial charge in [0.15, 0.2) is 0 Å². The van der Waals surface area contributed by atoms with E-state index in [1.807, 2.05) is 6.92 Å². The molecule has 1 aromatic rings. The summed E-state index contributed by atoms with van der Waals surface area (Å²) in [5, 5.41) is 2.87. The summed E-state index contributed by atoms with van der Waals surface area (Å²) >= 11 is 5.62. The number of alkyl halides is 3. The Labute approximate surface area is 127 Å². The number of hydrogen-bond donors (Lipinski definition) is 1. The molecule has 0 saturated heterocycles. The summed E-state index contributed by atoms with van der Waals surface area (Å²) in [7, 11) is 0. The van der Waals surface area contributed by atoms with Crippen molar-refractivity contribution in [1.29, 1.82) is 0 Å². The molecule has 1 N–H and O–H groups in total. The van der Waals surface area contributed by atoms with Crippen LogP contribution in [0, 0.1) is 5.41 Å². The maximum atomic E-state index is 12.8. The third-order valence-corrected chi connectivity index (χ3v) is 4.49. The normalized spacial score (nSPS) is 24.5. The highest BCUT2D eigenvalue weighted by molar-refractivity contribution is 6.31. The van der Waals surface area contributed by atoms with Crippen LogP contribution in [0.5, 0.6) is 0 Å². The van der Waals surface area contributed by atoms with Crippen molar-refractivity contribution in [3.8, 4) is 0 Å². The molecule has 2 rings (SSSR count). The van der Waals surface area contributed by atoms with Crippen molar-refractivity contribution in [1.82, 2.24) is 0 Å². The molecule has 2 atom stereocenters. The average Bonchev–Trinajstić information content (AvgIpc) is 2.38. The summed E-state index contributed by atoms with van der Waals surface area (Å²) in [6.45, 7) is 6.68. The standard InChI is InChI=1S/C15H19ClF3NO/c1-4-21-13-8-12(14(13,2)3)20-9-5-6-11(16)10(7-9)15(17,18)19/h5-7,12-13,20H,4,8H2,1-3H3. The van der Waals surface area contributed by atoms with Gasteiger partial charge in [-0.05, 0) is 31.5 Å². The number of anilines is 1. The third kappa shape index (κ3) is 3.29. The highest BCUT2D eigenvalue weighted by Crippen LogP contribution is 2.45. The maximum absolute atomic E-state index is 12.8. The lowest BCUT2D eigenvalue weighted by molar-refractivity contribution is -0.137. The van der Waals surface area contributed by atoms with Crippen molar-refractivity contribution in [2.45, 2.75) is 45.5 Å². The second-order valence-corrected chi connectivity index (χ2v) is 6.30. The van der Waals surface area contributed by atoms with E-state index in [9.17, 15) is 13.2 Å². The van der Waals surface area contributed by atoms with Crippen LogP contribution >= 0.6 is 11.6 Å². The van der Waals surface area contributed by atoms with Gasteiger partial charge in [-0.3, -0.25) is 0 Å². The highest BCUT2D eigenvalue weighted by atomic mass is 35.5. The van der Waals surface area contributed by atoms with Gasteiger partial charge < -0.3 is 10.1 Å². The topological polar surface area (TPSA) is 21.3 Å². The molecule has 0 aliphatic heterocycles. The highest BCUT2D eigenvalue weighted by Gasteiger charge is 2.49. The first-order chi connectivity index (χ1) is 9.66. The molecule has 6 heteroatoms. The Morgan fingerprint density at radius 3 is 2.57 bits per heavy atom. The lowest BCUT2D eigenvalue weighted by Gasteiger charge is -2.52. The molecule has 1 aliphatic carbocycles. The smallest absolute Gasteiger partial charge is 0.382 e. The fourth-order valence-electron chi connectivity index (χ4n) is 2.65. The van der Waals surface area contributed by atoms with E-state index < -0.39 is 11.7 Å². The van der Waals surface area contributed by atoms with Gasteiger partial charge in [-0.15, -0.1) is 0 Å². The third-order valence-electron chi connectivity index (χ3n) is 4.16. The predicted molar refractivity (Wildman–Crippen MR) is 77.7 cm³/mol. The van der Waals surface area contributed by atoms with Crippen LogP contribution in [0.25, 0.3) is 0 Å². The molecular weight excluding hydrogens is 303 g/mol. The quantitative estimate of drug-likeness (QED) is 0.845. The molecule has 0 amide bonds. The van der Waals surface area contributed by atoms with Crippen molar-refractivity contribution < 1.29 is 17.9 Å². The SMILES string of the molecule is CCOC1CC(Nc2ccc(Cl)c(C(F)(F)F)c2)C1(C)C. The van der Waals surface area contributed by atoms with Crippen LogP contribution in [0.2, 0.25) is 5.02 Å². The fraction of sp³-hybridized carbons (Fsp3) is 0.600. The van der Waals surface area contributed by atoms with E-state index in [4.69, 9.17) is 16.3 Å². The first-order valence-corrected chi connectivity index (χ1v) is 7.29. The van der Waals surface area contributed by atoms with Gasteiger partial charge in [0.25, 0.3) is 0 Å². The van der Waals surface area contributed by atoms with Gasteiger partial charge in [-0.1, -0.05) is 25.4 Å². The Kier molecular flexibility index (Phi) is 4.45. The van der Waals surface area contributed by atoms with Gasteiger partial charge >= 0.3 is 6.18 Å². The van der Waals surface area contributed by atoms with E-state index in [-0.39, 0.29) is 22.6 Å². The monoisotopic (exact) mass is 321 g/mol. The summed E-state index contributed by atoms with van der Waals surface area (Å²) in [6, 6.07) is 3.99. The summed E-state index contributed by atoms with van der Waals surface area (Å²) in [4.78, 5) is 0. The van der Waals surface area contributed by atoms with E-state index in [1.165, 1.54) is 6.07 Å². The van der Waals surface area contributed by atoms with E-state index in [2.05, 4.69) is 19.2 Å². The van der Waals surface area contributed by atoms with Gasteiger partial charge in [-0.25, -0.2) is 0 Å². The van der Waals surface area contributed by atoms with Gasteiger partial charge in [0.05, 0.1) is 16.7 Å². The molecule has 0 radical (unpaired) electrons. The van der Waals surface area contributed by atoms with E-state index in [1.54, 1.807) is 6.07 Å². The van der Waals surface area contributed by atoms with Crippen molar-refractivity contribution in [3.05, 3.63) is 28.8 Å². The van der Waals surface area contributed by atoms with Gasteiger partial charge in [0.1, 0.15) is 0 Å². The Bertz CT molecular complexity index is 516. The van der Waals surface area contributed by atoms with Crippen LogP contribution in [-0.2, 0) is 10.9 Å². The molecule has 1 fully saturated rings. The van der Waals surface area contributed by atoms with Crippen molar-refractivity contribution >= 4 is 17.3 Å². The zero-order valence-electron chi connectivity index (χ0n) is 12.2. The van der Waals surface area contributed by atoms with E-state index >= 15 is 0 Å². The lowest BCUT2D eigenvalue weighted by atomic mass is 9.64. The minimum absolute atomic E-state index is 0.0799. The summed E-state index contributed by atoms with van der Waals surface area (Å²) in [5.41, 5.74) is -0.499. The summed E-state index contributed by atoms with van der Waals surface area (Å²) in [5.74, 6) is 0. The van der Waals surface area contributed by atoms with Crippen molar-refractivity contribution in [2.75, 3.05) is 11.9 Å². The van der Waals surface area contributed by atoms with Gasteiger partial charge in [0, 0.05) is 23.8 Å². The second kappa shape index (κ2) is 5.69. The fourth-order valence-corrected chi connectivity index (χ4v) is 2.87. The van der Waals surface area contributed by atoms with Crippen LogP contribution in [0.15, 0.2) is 18.2 Å². The first kappa shape index (κ1) is 16.4. The van der Waals surface area contributed by atoms with E-state index in [0.29, 0.717) is 12.3 Å². The Morgan fingerprint density at radius 1 is 1.38 bits per heavy atom. The summed E-state index contributed by atoms with van der Waals surface area (Å²) < 4.78 is 44.1. The molecule has 21 heavy (non-hydrogen) atoms. The molecule has 1 aliphatic rings. The molecule has 1 aromatic carbocycles. The predicted octanol–water partition coefficient (Wildman–Crippen LogP) is 4.97. The molecule has 0 heterocycles. The molecule has 1 saturated carbocycles. The Balaban J connectivity index is 2.12.